The number of rotatable bonds is 7. The van der Waals surface area contributed by atoms with Gasteiger partial charge in [0.05, 0.1) is 24.1 Å². The molecule has 156 valence electrons. The molecule has 3 rings (SSSR count). The summed E-state index contributed by atoms with van der Waals surface area (Å²) in [6.07, 6.45) is 0. The van der Waals surface area contributed by atoms with Crippen LogP contribution < -0.4 is 14.9 Å². The van der Waals surface area contributed by atoms with E-state index in [1.54, 1.807) is 42.6 Å². The highest BCUT2D eigenvalue weighted by Crippen LogP contribution is 2.25. The van der Waals surface area contributed by atoms with Crippen LogP contribution in [0, 0.1) is 0 Å². The molecule has 0 radical (unpaired) electrons. The van der Waals surface area contributed by atoms with Crippen molar-refractivity contribution in [2.45, 2.75) is 11.1 Å². The van der Waals surface area contributed by atoms with E-state index in [2.05, 4.69) is 15.2 Å². The number of amides is 1. The van der Waals surface area contributed by atoms with Crippen molar-refractivity contribution in [3.8, 4) is 11.5 Å². The number of carbonyl (C=O) groups is 1. The van der Waals surface area contributed by atoms with E-state index in [-0.39, 0.29) is 21.2 Å². The third kappa shape index (κ3) is 4.78. The van der Waals surface area contributed by atoms with E-state index < -0.39 is 15.9 Å². The Bertz CT molecular complexity index is 1190. The summed E-state index contributed by atoms with van der Waals surface area (Å²) in [5.41, 5.74) is 3.40. The van der Waals surface area contributed by atoms with E-state index >= 15 is 0 Å². The zero-order chi connectivity index (χ0) is 21.7. The van der Waals surface area contributed by atoms with Crippen LogP contribution in [0.2, 0.25) is 0 Å². The number of hydrogen-bond donors (Lipinski definition) is 3. The molecule has 3 aromatic rings. The zero-order valence-electron chi connectivity index (χ0n) is 16.1. The zero-order valence-corrected chi connectivity index (χ0v) is 17.8. The largest absolute Gasteiger partial charge is 0.507 e. The highest BCUT2D eigenvalue weighted by Gasteiger charge is 2.19. The molecular weight excluding hydrogens is 426 g/mol. The van der Waals surface area contributed by atoms with Gasteiger partial charge in [-0.1, -0.05) is 18.2 Å². The van der Waals surface area contributed by atoms with Crippen LogP contribution in [0.1, 0.15) is 22.8 Å². The van der Waals surface area contributed by atoms with Gasteiger partial charge < -0.3 is 9.84 Å². The molecule has 3 N–H and O–H groups in total. The van der Waals surface area contributed by atoms with Gasteiger partial charge in [0.2, 0.25) is 0 Å². The smallest absolute Gasteiger partial charge is 0.273 e. The molecular formula is C20H19N3O5S2. The number of nitrogens with zero attached hydrogens (tertiary/aromatic N) is 1. The summed E-state index contributed by atoms with van der Waals surface area (Å²) >= 11 is 1.07. The highest BCUT2D eigenvalue weighted by molar-refractivity contribution is 7.94. The Hall–Kier alpha value is -3.37. The molecule has 1 amide bonds. The highest BCUT2D eigenvalue weighted by atomic mass is 32.2. The maximum Gasteiger partial charge on any atom is 0.273 e. The molecule has 0 atom stereocenters. The van der Waals surface area contributed by atoms with Crippen molar-refractivity contribution in [1.29, 1.82) is 0 Å². The first-order valence-electron chi connectivity index (χ1n) is 8.69. The summed E-state index contributed by atoms with van der Waals surface area (Å²) in [4.78, 5) is 12.6. The van der Waals surface area contributed by atoms with Crippen LogP contribution in [0.5, 0.6) is 11.5 Å². The molecule has 0 fully saturated rings. The maximum atomic E-state index is 12.6. The number of phenols is 1. The van der Waals surface area contributed by atoms with Crippen molar-refractivity contribution in [3.05, 3.63) is 71.1 Å². The maximum absolute atomic E-state index is 12.6. The van der Waals surface area contributed by atoms with Crippen LogP contribution >= 0.6 is 11.3 Å². The predicted molar refractivity (Wildman–Crippen MR) is 116 cm³/mol. The van der Waals surface area contributed by atoms with Gasteiger partial charge in [-0.15, -0.1) is 11.3 Å². The lowest BCUT2D eigenvalue weighted by molar-refractivity contribution is 0.0955. The topological polar surface area (TPSA) is 117 Å². The van der Waals surface area contributed by atoms with E-state index in [1.165, 1.54) is 31.4 Å². The number of aromatic hydroxyl groups is 1. The lowest BCUT2D eigenvalue weighted by Gasteiger charge is -2.11. The number of thiophene rings is 1. The molecule has 0 aliphatic rings. The summed E-state index contributed by atoms with van der Waals surface area (Å²) in [7, 11) is -2.32. The van der Waals surface area contributed by atoms with Crippen LogP contribution in [-0.4, -0.2) is 32.3 Å². The monoisotopic (exact) mass is 445 g/mol. The van der Waals surface area contributed by atoms with Crippen LogP contribution in [0.3, 0.4) is 0 Å². The van der Waals surface area contributed by atoms with Crippen LogP contribution in [0.15, 0.2) is 69.3 Å². The molecule has 1 heterocycles. The van der Waals surface area contributed by atoms with Gasteiger partial charge in [0, 0.05) is 11.6 Å². The average molecular weight is 446 g/mol. The van der Waals surface area contributed by atoms with E-state index in [0.717, 1.165) is 11.3 Å². The minimum atomic E-state index is -3.80. The summed E-state index contributed by atoms with van der Waals surface area (Å²) in [6.45, 7) is 1.62. The summed E-state index contributed by atoms with van der Waals surface area (Å²) in [5, 5.41) is 15.8. The molecule has 0 aliphatic carbocycles. The third-order valence-corrected chi connectivity index (χ3v) is 6.86. The number of methoxy groups -OCH3 is 1. The molecule has 0 bridgehead atoms. The molecule has 30 heavy (non-hydrogen) atoms. The lowest BCUT2D eigenvalue weighted by Crippen LogP contribution is -2.22. The average Bonchev–Trinajstić information content (AvgIpc) is 3.28. The summed E-state index contributed by atoms with van der Waals surface area (Å²) in [6, 6.07) is 14.0. The van der Waals surface area contributed by atoms with Crippen molar-refractivity contribution in [2.75, 3.05) is 11.8 Å². The second-order valence-corrected chi connectivity index (χ2v) is 8.96. The van der Waals surface area contributed by atoms with Gasteiger partial charge in [-0.25, -0.2) is 13.8 Å². The number of hydrazone groups is 1. The normalized spacial score (nSPS) is 11.7. The first kappa shape index (κ1) is 21.3. The van der Waals surface area contributed by atoms with Crippen molar-refractivity contribution in [3.63, 3.8) is 0 Å². The SMILES string of the molecule is COc1ccc(C(C)=NNC(=O)c2ccccc2NS(=O)(=O)c2cccs2)c(O)c1. The molecule has 0 unspecified atom stereocenters. The Labute approximate surface area is 177 Å². The third-order valence-electron chi connectivity index (χ3n) is 4.10. The lowest BCUT2D eigenvalue weighted by atomic mass is 10.1. The van der Waals surface area contributed by atoms with Gasteiger partial charge in [-0.3, -0.25) is 9.52 Å². The number of ether oxygens (including phenoxy) is 1. The molecule has 0 saturated carbocycles. The van der Waals surface area contributed by atoms with E-state index in [1.807, 2.05) is 0 Å². The number of sulfonamides is 1. The molecule has 0 spiro atoms. The Morgan fingerprint density at radius 3 is 2.53 bits per heavy atom. The van der Waals surface area contributed by atoms with Gasteiger partial charge in [0.25, 0.3) is 15.9 Å². The number of para-hydroxylation sites is 1. The van der Waals surface area contributed by atoms with Crippen molar-refractivity contribution < 1.29 is 23.1 Å². The number of phenolic OH excluding ortho intramolecular Hbond substituents is 1. The van der Waals surface area contributed by atoms with Crippen LogP contribution in [0.4, 0.5) is 5.69 Å². The number of nitrogens with one attached hydrogen (secondary N) is 2. The molecule has 8 nitrogen and oxygen atoms in total. The minimum Gasteiger partial charge on any atom is -0.507 e. The van der Waals surface area contributed by atoms with Gasteiger partial charge >= 0.3 is 0 Å². The fourth-order valence-electron chi connectivity index (χ4n) is 2.58. The van der Waals surface area contributed by atoms with Crippen molar-refractivity contribution in [2.24, 2.45) is 5.10 Å². The Morgan fingerprint density at radius 1 is 1.10 bits per heavy atom. The number of carbonyl (C=O) groups excluding carboxylic acids is 1. The first-order valence-corrected chi connectivity index (χ1v) is 11.1. The van der Waals surface area contributed by atoms with Gasteiger partial charge in [-0.2, -0.15) is 5.10 Å². The molecule has 0 aliphatic heterocycles. The fourth-order valence-corrected chi connectivity index (χ4v) is 4.65. The minimum absolute atomic E-state index is 0.0473. The van der Waals surface area contributed by atoms with E-state index in [0.29, 0.717) is 17.0 Å². The van der Waals surface area contributed by atoms with E-state index in [9.17, 15) is 18.3 Å². The number of benzene rings is 2. The second-order valence-electron chi connectivity index (χ2n) is 6.10. The standard InChI is InChI=1S/C20H19N3O5S2/c1-13(15-10-9-14(28-2)12-18(15)24)21-22-20(25)16-6-3-4-7-17(16)23-30(26,27)19-8-5-11-29-19/h3-12,23-24H,1-2H3,(H,22,25). The second kappa shape index (κ2) is 8.97. The Balaban J connectivity index is 1.80. The predicted octanol–water partition coefficient (Wildman–Crippen LogP) is 3.42. The van der Waals surface area contributed by atoms with Gasteiger partial charge in [0.1, 0.15) is 15.7 Å². The number of hydrogen-bond acceptors (Lipinski definition) is 7. The Kier molecular flexibility index (Phi) is 6.38. The molecule has 0 saturated heterocycles. The molecule has 10 heteroatoms. The van der Waals surface area contributed by atoms with Crippen molar-refractivity contribution >= 4 is 38.7 Å². The summed E-state index contributed by atoms with van der Waals surface area (Å²) in [5.74, 6) is -0.166. The Morgan fingerprint density at radius 2 is 1.87 bits per heavy atom. The molecule has 2 aromatic carbocycles. The first-order chi connectivity index (χ1) is 14.3. The van der Waals surface area contributed by atoms with Gasteiger partial charge in [0.15, 0.2) is 0 Å². The molecule has 1 aromatic heterocycles. The van der Waals surface area contributed by atoms with Gasteiger partial charge in [-0.05, 0) is 42.6 Å². The van der Waals surface area contributed by atoms with E-state index in [4.69, 9.17) is 4.74 Å². The number of anilines is 1. The van der Waals surface area contributed by atoms with Crippen LogP contribution in [0.25, 0.3) is 0 Å². The quantitative estimate of drug-likeness (QED) is 0.381. The fraction of sp³-hybridized carbons (Fsp3) is 0.100. The van der Waals surface area contributed by atoms with Crippen LogP contribution in [-0.2, 0) is 10.0 Å². The summed E-state index contributed by atoms with van der Waals surface area (Å²) < 4.78 is 32.6. The van der Waals surface area contributed by atoms with Crippen molar-refractivity contribution in [1.82, 2.24) is 5.43 Å².